The van der Waals surface area contributed by atoms with Gasteiger partial charge in [0.05, 0.1) is 43.8 Å². The summed E-state index contributed by atoms with van der Waals surface area (Å²) in [7, 11) is 1.59. The van der Waals surface area contributed by atoms with Crippen LogP contribution in [0.3, 0.4) is 0 Å². The van der Waals surface area contributed by atoms with Crippen LogP contribution >= 0.6 is 0 Å². The Morgan fingerprint density at radius 3 is 2.73 bits per heavy atom. The molecule has 0 unspecified atom stereocenters. The van der Waals surface area contributed by atoms with Crippen molar-refractivity contribution in [3.63, 3.8) is 0 Å². The second-order valence-corrected chi connectivity index (χ2v) is 8.31. The number of hydrogen-bond donors (Lipinski definition) is 1. The molecule has 8 nitrogen and oxygen atoms in total. The summed E-state index contributed by atoms with van der Waals surface area (Å²) >= 11 is 0. The molecule has 2 bridgehead atoms. The summed E-state index contributed by atoms with van der Waals surface area (Å²) in [6.45, 7) is 2.34. The third-order valence-electron chi connectivity index (χ3n) is 6.43. The van der Waals surface area contributed by atoms with Crippen molar-refractivity contribution < 1.29 is 28.6 Å². The number of nitrogens with one attached hydrogen (secondary N) is 1. The van der Waals surface area contributed by atoms with E-state index in [0.29, 0.717) is 23.5 Å². The number of nitrogens with zero attached hydrogens (tertiary/aromatic N) is 1. The highest BCUT2D eigenvalue weighted by atomic mass is 16.5. The van der Waals surface area contributed by atoms with E-state index in [0.717, 1.165) is 5.69 Å². The van der Waals surface area contributed by atoms with E-state index in [4.69, 9.17) is 14.2 Å². The van der Waals surface area contributed by atoms with Crippen LogP contribution in [-0.4, -0.2) is 49.8 Å². The molecule has 2 aromatic carbocycles. The molecule has 170 valence electrons. The number of anilines is 2. The number of methoxy groups -OCH3 is 1. The second-order valence-electron chi connectivity index (χ2n) is 8.31. The Kier molecular flexibility index (Phi) is 5.17. The lowest BCUT2D eigenvalue weighted by Gasteiger charge is -2.23. The normalized spacial score (nSPS) is 26.9. The third kappa shape index (κ3) is 3.47. The van der Waals surface area contributed by atoms with Gasteiger partial charge in [0.15, 0.2) is 0 Å². The number of esters is 1. The van der Waals surface area contributed by atoms with Crippen LogP contribution in [-0.2, 0) is 19.1 Å². The van der Waals surface area contributed by atoms with Crippen molar-refractivity contribution in [3.8, 4) is 5.75 Å². The molecule has 0 saturated carbocycles. The van der Waals surface area contributed by atoms with Crippen LogP contribution in [0.4, 0.5) is 11.4 Å². The van der Waals surface area contributed by atoms with Crippen molar-refractivity contribution in [1.29, 1.82) is 0 Å². The summed E-state index contributed by atoms with van der Waals surface area (Å²) < 4.78 is 16.4. The van der Waals surface area contributed by atoms with Gasteiger partial charge >= 0.3 is 5.97 Å². The zero-order chi connectivity index (χ0) is 23.2. The van der Waals surface area contributed by atoms with Gasteiger partial charge in [0.25, 0.3) is 0 Å². The smallest absolute Gasteiger partial charge is 0.338 e. The summed E-state index contributed by atoms with van der Waals surface area (Å²) in [6, 6.07) is 13.8. The van der Waals surface area contributed by atoms with Gasteiger partial charge in [-0.25, -0.2) is 4.79 Å². The van der Waals surface area contributed by atoms with Gasteiger partial charge in [0, 0.05) is 11.4 Å². The van der Waals surface area contributed by atoms with Crippen LogP contribution in [0.15, 0.2) is 60.7 Å². The Morgan fingerprint density at radius 1 is 1.21 bits per heavy atom. The quantitative estimate of drug-likeness (QED) is 0.540. The molecule has 33 heavy (non-hydrogen) atoms. The first kappa shape index (κ1) is 21.2. The standard InChI is InChI=1S/C25H24N2O6/c1-3-32-24(30)15-5-4-6-16(13-15)26-22(28)20-19-11-12-25(33-19)14-27(23(29)21(20)25)17-7-9-18(31-2)10-8-17/h4-13,19-21H,3,14H2,1-2H3,(H,26,28)/t19-,20-,21-,25+/m1/s1. The summed E-state index contributed by atoms with van der Waals surface area (Å²) in [5.41, 5.74) is 0.712. The highest BCUT2D eigenvalue weighted by molar-refractivity contribution is 6.05. The molecule has 5 rings (SSSR count). The number of amides is 2. The van der Waals surface area contributed by atoms with Crippen LogP contribution in [0.25, 0.3) is 0 Å². The molecule has 1 spiro atoms. The van der Waals surface area contributed by atoms with Crippen LogP contribution in [0.2, 0.25) is 0 Å². The molecule has 0 radical (unpaired) electrons. The lowest BCUT2D eigenvalue weighted by atomic mass is 9.76. The molecule has 1 N–H and O–H groups in total. The van der Waals surface area contributed by atoms with Gasteiger partial charge in [-0.2, -0.15) is 0 Å². The third-order valence-corrected chi connectivity index (χ3v) is 6.43. The zero-order valence-corrected chi connectivity index (χ0v) is 18.3. The molecular formula is C25H24N2O6. The first-order valence-electron chi connectivity index (χ1n) is 10.9. The largest absolute Gasteiger partial charge is 0.497 e. The predicted molar refractivity (Wildman–Crippen MR) is 120 cm³/mol. The molecule has 2 saturated heterocycles. The molecular weight excluding hydrogens is 424 g/mol. The molecule has 8 heteroatoms. The van der Waals surface area contributed by atoms with Crippen LogP contribution < -0.4 is 15.0 Å². The van der Waals surface area contributed by atoms with E-state index in [1.807, 2.05) is 24.3 Å². The number of rotatable bonds is 6. The minimum Gasteiger partial charge on any atom is -0.497 e. The lowest BCUT2D eigenvalue weighted by Crippen LogP contribution is -2.41. The molecule has 0 aromatic heterocycles. The number of carbonyl (C=O) groups is 3. The highest BCUT2D eigenvalue weighted by Crippen LogP contribution is 2.52. The van der Waals surface area contributed by atoms with E-state index in [-0.39, 0.29) is 18.4 Å². The number of ether oxygens (including phenoxy) is 3. The van der Waals surface area contributed by atoms with Crippen molar-refractivity contribution in [3.05, 3.63) is 66.2 Å². The van der Waals surface area contributed by atoms with E-state index in [2.05, 4.69) is 5.32 Å². The Balaban J connectivity index is 1.37. The summed E-state index contributed by atoms with van der Waals surface area (Å²) in [6.07, 6.45) is 3.31. The summed E-state index contributed by atoms with van der Waals surface area (Å²) in [5, 5.41) is 2.86. The van der Waals surface area contributed by atoms with Crippen LogP contribution in [0, 0.1) is 11.8 Å². The van der Waals surface area contributed by atoms with Gasteiger partial charge < -0.3 is 24.4 Å². The highest BCUT2D eigenvalue weighted by Gasteiger charge is 2.67. The van der Waals surface area contributed by atoms with E-state index in [1.54, 1.807) is 55.3 Å². The molecule has 3 aliphatic heterocycles. The zero-order valence-electron chi connectivity index (χ0n) is 18.3. The Bertz CT molecular complexity index is 1140. The molecule has 4 atom stereocenters. The van der Waals surface area contributed by atoms with Gasteiger partial charge in [0.2, 0.25) is 11.8 Å². The SMILES string of the molecule is CCOC(=O)c1cccc(NC(=O)[C@@H]2[C@H]3C=C[C@@]4(CN(c5ccc(OC)cc5)C(=O)[C@@H]24)O3)c1. The number of fused-ring (bicyclic) bond motifs is 1. The first-order chi connectivity index (χ1) is 16.0. The van der Waals surface area contributed by atoms with Gasteiger partial charge in [-0.15, -0.1) is 0 Å². The van der Waals surface area contributed by atoms with E-state index in [9.17, 15) is 14.4 Å². The van der Waals surface area contributed by atoms with Crippen molar-refractivity contribution >= 4 is 29.2 Å². The lowest BCUT2D eigenvalue weighted by molar-refractivity contribution is -0.128. The van der Waals surface area contributed by atoms with Gasteiger partial charge in [-0.3, -0.25) is 9.59 Å². The van der Waals surface area contributed by atoms with Crippen LogP contribution in [0.5, 0.6) is 5.75 Å². The number of benzene rings is 2. The molecule has 0 aliphatic carbocycles. The maximum Gasteiger partial charge on any atom is 0.338 e. The van der Waals surface area contributed by atoms with Crippen molar-refractivity contribution in [2.75, 3.05) is 30.5 Å². The molecule has 2 amide bonds. The predicted octanol–water partition coefficient (Wildman–Crippen LogP) is 2.80. The molecule has 3 aliphatic rings. The van der Waals surface area contributed by atoms with E-state index >= 15 is 0 Å². The average Bonchev–Trinajstić information content (AvgIpc) is 3.47. The minimum absolute atomic E-state index is 0.146. The maximum atomic E-state index is 13.4. The van der Waals surface area contributed by atoms with E-state index < -0.39 is 29.5 Å². The summed E-state index contributed by atoms with van der Waals surface area (Å²) in [5.74, 6) is -1.52. The van der Waals surface area contributed by atoms with Crippen LogP contribution in [0.1, 0.15) is 17.3 Å². The second kappa shape index (κ2) is 8.04. The number of hydrogen-bond acceptors (Lipinski definition) is 6. The van der Waals surface area contributed by atoms with Crippen molar-refractivity contribution in [1.82, 2.24) is 0 Å². The fourth-order valence-corrected chi connectivity index (χ4v) is 4.94. The Labute approximate surface area is 191 Å². The van der Waals surface area contributed by atoms with E-state index in [1.165, 1.54) is 0 Å². The topological polar surface area (TPSA) is 94.2 Å². The first-order valence-corrected chi connectivity index (χ1v) is 10.9. The fraction of sp³-hybridized carbons (Fsp3) is 0.320. The maximum absolute atomic E-state index is 13.4. The average molecular weight is 448 g/mol. The minimum atomic E-state index is -0.823. The van der Waals surface area contributed by atoms with Crippen molar-refractivity contribution in [2.24, 2.45) is 11.8 Å². The number of carbonyl (C=O) groups excluding carboxylic acids is 3. The molecule has 2 fully saturated rings. The van der Waals surface area contributed by atoms with Crippen molar-refractivity contribution in [2.45, 2.75) is 18.6 Å². The Morgan fingerprint density at radius 2 is 2.00 bits per heavy atom. The monoisotopic (exact) mass is 448 g/mol. The van der Waals surface area contributed by atoms with Gasteiger partial charge in [0.1, 0.15) is 11.4 Å². The molecule has 3 heterocycles. The summed E-state index contributed by atoms with van der Waals surface area (Å²) in [4.78, 5) is 40.4. The molecule has 2 aromatic rings. The fourth-order valence-electron chi connectivity index (χ4n) is 4.94. The van der Waals surface area contributed by atoms with Gasteiger partial charge in [-0.05, 0) is 49.4 Å². The van der Waals surface area contributed by atoms with Gasteiger partial charge in [-0.1, -0.05) is 18.2 Å². The Hall–Kier alpha value is -3.65.